The summed E-state index contributed by atoms with van der Waals surface area (Å²) in [6.45, 7) is 4.24. The van der Waals surface area contributed by atoms with E-state index in [4.69, 9.17) is 5.11 Å². The van der Waals surface area contributed by atoms with Crippen LogP contribution >= 0.6 is 0 Å². The molecule has 0 radical (unpaired) electrons. The molecule has 0 spiro atoms. The summed E-state index contributed by atoms with van der Waals surface area (Å²) in [6.07, 6.45) is 1.69. The number of carbonyl (C=O) groups excluding carboxylic acids is 1. The molecule has 3 nitrogen and oxygen atoms in total. The summed E-state index contributed by atoms with van der Waals surface area (Å²) in [5.74, 6) is -0.242. The van der Waals surface area contributed by atoms with Gasteiger partial charge in [-0.15, -0.1) is 0 Å². The van der Waals surface area contributed by atoms with Gasteiger partial charge in [0.2, 0.25) is 5.91 Å². The lowest BCUT2D eigenvalue weighted by molar-refractivity contribution is -0.121. The number of benzene rings is 2. The number of para-hydroxylation sites is 1. The first-order valence-electron chi connectivity index (χ1n) is 7.81. The van der Waals surface area contributed by atoms with Gasteiger partial charge in [-0.3, -0.25) is 4.79 Å². The molecule has 0 aliphatic rings. The Hall–Kier alpha value is -2.39. The van der Waals surface area contributed by atoms with E-state index in [0.717, 1.165) is 16.8 Å². The average Bonchev–Trinajstić information content (AvgIpc) is 2.60. The van der Waals surface area contributed by atoms with Crippen LogP contribution in [-0.2, 0) is 11.3 Å². The molecule has 0 saturated carbocycles. The molecular weight excluding hydrogens is 286 g/mol. The van der Waals surface area contributed by atoms with Crippen LogP contribution in [0.3, 0.4) is 0 Å². The third-order valence-corrected chi connectivity index (χ3v) is 3.98. The minimum absolute atomic E-state index is 0.0299. The molecule has 0 unspecified atom stereocenters. The van der Waals surface area contributed by atoms with Crippen molar-refractivity contribution in [3.05, 3.63) is 77.9 Å². The summed E-state index contributed by atoms with van der Waals surface area (Å²) >= 11 is 0. The van der Waals surface area contributed by atoms with Gasteiger partial charge in [-0.1, -0.05) is 60.2 Å². The Bertz CT molecular complexity index is 650. The van der Waals surface area contributed by atoms with Gasteiger partial charge < -0.3 is 10.0 Å². The first-order chi connectivity index (χ1) is 11.1. The number of carbonyl (C=O) groups is 1. The topological polar surface area (TPSA) is 40.5 Å². The third kappa shape index (κ3) is 4.54. The normalized spacial score (nSPS) is 12.7. The number of rotatable bonds is 6. The van der Waals surface area contributed by atoms with Crippen LogP contribution in [0.5, 0.6) is 0 Å². The molecule has 0 aliphatic carbocycles. The van der Waals surface area contributed by atoms with Crippen molar-refractivity contribution in [2.45, 2.75) is 20.4 Å². The Morgan fingerprint density at radius 1 is 1.09 bits per heavy atom. The molecule has 0 saturated heterocycles. The van der Waals surface area contributed by atoms with Gasteiger partial charge in [-0.05, 0) is 31.5 Å². The van der Waals surface area contributed by atoms with Crippen LogP contribution in [0.15, 0.2) is 72.3 Å². The molecule has 2 aromatic carbocycles. The number of hydrogen-bond donors (Lipinski definition) is 1. The standard InChI is InChI=1S/C20H23NO2/c1-16(13-14-22)17(2)20(23)21(19-11-7-4-8-12-19)15-18-9-5-3-6-10-18/h3-13,17,22H,14-15H2,1-2H3/b16-13-/t17-/m0/s1. The Balaban J connectivity index is 2.30. The van der Waals surface area contributed by atoms with E-state index in [1.165, 1.54) is 0 Å². The lowest BCUT2D eigenvalue weighted by Gasteiger charge is -2.26. The van der Waals surface area contributed by atoms with Gasteiger partial charge in [0, 0.05) is 5.69 Å². The van der Waals surface area contributed by atoms with E-state index in [1.807, 2.05) is 74.5 Å². The second kappa shape index (κ2) is 8.30. The smallest absolute Gasteiger partial charge is 0.234 e. The van der Waals surface area contributed by atoms with Crippen LogP contribution in [-0.4, -0.2) is 17.6 Å². The maximum Gasteiger partial charge on any atom is 0.234 e. The lowest BCUT2D eigenvalue weighted by atomic mass is 10.00. The quantitative estimate of drug-likeness (QED) is 0.825. The zero-order valence-corrected chi connectivity index (χ0v) is 13.6. The molecular formula is C20H23NO2. The minimum Gasteiger partial charge on any atom is -0.392 e. The Morgan fingerprint density at radius 3 is 2.22 bits per heavy atom. The van der Waals surface area contributed by atoms with Crippen LogP contribution in [0.4, 0.5) is 5.69 Å². The molecule has 3 heteroatoms. The SMILES string of the molecule is C/C(=C/CO)[C@H](C)C(=O)N(Cc1ccccc1)c1ccccc1. The Morgan fingerprint density at radius 2 is 1.65 bits per heavy atom. The van der Waals surface area contributed by atoms with Crippen molar-refractivity contribution in [1.29, 1.82) is 0 Å². The first kappa shape index (κ1) is 17.0. The molecule has 0 bridgehead atoms. The monoisotopic (exact) mass is 309 g/mol. The largest absolute Gasteiger partial charge is 0.392 e. The number of aliphatic hydroxyl groups excluding tert-OH is 1. The van der Waals surface area contributed by atoms with E-state index in [9.17, 15) is 4.79 Å². The summed E-state index contributed by atoms with van der Waals surface area (Å²) in [6, 6.07) is 19.6. The van der Waals surface area contributed by atoms with Gasteiger partial charge in [0.15, 0.2) is 0 Å². The fraction of sp³-hybridized carbons (Fsp3) is 0.250. The van der Waals surface area contributed by atoms with E-state index in [2.05, 4.69) is 0 Å². The molecule has 0 heterocycles. The molecule has 0 aliphatic heterocycles. The van der Waals surface area contributed by atoms with Gasteiger partial charge in [0.1, 0.15) is 0 Å². The van der Waals surface area contributed by atoms with Crippen LogP contribution in [0.2, 0.25) is 0 Å². The molecule has 2 rings (SSSR count). The molecule has 120 valence electrons. The highest BCUT2D eigenvalue weighted by molar-refractivity contribution is 5.96. The van der Waals surface area contributed by atoms with Crippen LogP contribution < -0.4 is 4.90 Å². The van der Waals surface area contributed by atoms with Crippen molar-refractivity contribution in [2.24, 2.45) is 5.92 Å². The summed E-state index contributed by atoms with van der Waals surface area (Å²) in [7, 11) is 0. The van der Waals surface area contributed by atoms with E-state index < -0.39 is 0 Å². The zero-order chi connectivity index (χ0) is 16.7. The second-order valence-electron chi connectivity index (χ2n) is 5.60. The predicted molar refractivity (Wildman–Crippen MR) is 94.1 cm³/mol. The molecule has 0 aromatic heterocycles. The van der Waals surface area contributed by atoms with Gasteiger partial charge in [0.05, 0.1) is 19.1 Å². The number of aliphatic hydroxyl groups is 1. The Labute approximate surface area is 137 Å². The maximum atomic E-state index is 13.0. The van der Waals surface area contributed by atoms with Crippen molar-refractivity contribution >= 4 is 11.6 Å². The first-order valence-corrected chi connectivity index (χ1v) is 7.81. The van der Waals surface area contributed by atoms with E-state index in [0.29, 0.717) is 6.54 Å². The number of amides is 1. The van der Waals surface area contributed by atoms with Gasteiger partial charge in [-0.2, -0.15) is 0 Å². The van der Waals surface area contributed by atoms with Crippen molar-refractivity contribution in [1.82, 2.24) is 0 Å². The number of nitrogens with zero attached hydrogens (tertiary/aromatic N) is 1. The summed E-state index contributed by atoms with van der Waals surface area (Å²) in [5, 5.41) is 9.06. The second-order valence-corrected chi connectivity index (χ2v) is 5.60. The lowest BCUT2D eigenvalue weighted by Crippen LogP contribution is -2.35. The molecule has 2 aromatic rings. The molecule has 1 amide bonds. The minimum atomic E-state index is -0.272. The molecule has 0 fully saturated rings. The third-order valence-electron chi connectivity index (χ3n) is 3.98. The van der Waals surface area contributed by atoms with Gasteiger partial charge in [-0.25, -0.2) is 0 Å². The Kier molecular flexibility index (Phi) is 6.12. The van der Waals surface area contributed by atoms with E-state index in [-0.39, 0.29) is 18.4 Å². The maximum absolute atomic E-state index is 13.0. The van der Waals surface area contributed by atoms with Crippen molar-refractivity contribution in [3.8, 4) is 0 Å². The van der Waals surface area contributed by atoms with Crippen molar-refractivity contribution < 1.29 is 9.90 Å². The van der Waals surface area contributed by atoms with Crippen LogP contribution in [0, 0.1) is 5.92 Å². The van der Waals surface area contributed by atoms with Gasteiger partial charge in [0.25, 0.3) is 0 Å². The summed E-state index contributed by atoms with van der Waals surface area (Å²) < 4.78 is 0. The van der Waals surface area contributed by atoms with E-state index >= 15 is 0 Å². The number of hydrogen-bond acceptors (Lipinski definition) is 2. The highest BCUT2D eigenvalue weighted by Crippen LogP contribution is 2.22. The highest BCUT2D eigenvalue weighted by Gasteiger charge is 2.23. The van der Waals surface area contributed by atoms with Crippen molar-refractivity contribution in [2.75, 3.05) is 11.5 Å². The van der Waals surface area contributed by atoms with Crippen LogP contribution in [0.1, 0.15) is 19.4 Å². The summed E-state index contributed by atoms with van der Waals surface area (Å²) in [4.78, 5) is 14.8. The number of anilines is 1. The summed E-state index contributed by atoms with van der Waals surface area (Å²) in [5.41, 5.74) is 2.84. The molecule has 1 N–H and O–H groups in total. The van der Waals surface area contributed by atoms with E-state index in [1.54, 1.807) is 11.0 Å². The average molecular weight is 309 g/mol. The fourth-order valence-corrected chi connectivity index (χ4v) is 2.42. The fourth-order valence-electron chi connectivity index (χ4n) is 2.42. The highest BCUT2D eigenvalue weighted by atomic mass is 16.2. The predicted octanol–water partition coefficient (Wildman–Crippen LogP) is 3.79. The molecule has 23 heavy (non-hydrogen) atoms. The van der Waals surface area contributed by atoms with Crippen LogP contribution in [0.25, 0.3) is 0 Å². The molecule has 1 atom stereocenters. The van der Waals surface area contributed by atoms with Crippen molar-refractivity contribution in [3.63, 3.8) is 0 Å². The van der Waals surface area contributed by atoms with Gasteiger partial charge >= 0.3 is 0 Å². The zero-order valence-electron chi connectivity index (χ0n) is 13.6.